The highest BCUT2D eigenvalue weighted by molar-refractivity contribution is 9.10. The zero-order valence-electron chi connectivity index (χ0n) is 8.47. The third-order valence-corrected chi connectivity index (χ3v) is 2.98. The van der Waals surface area contributed by atoms with Crippen molar-refractivity contribution >= 4 is 15.9 Å². The van der Waals surface area contributed by atoms with E-state index in [1.807, 2.05) is 12.1 Å². The van der Waals surface area contributed by atoms with Crippen LogP contribution in [0.2, 0.25) is 0 Å². The second-order valence-corrected chi connectivity index (χ2v) is 4.02. The molecule has 0 radical (unpaired) electrons. The minimum atomic E-state index is 0.0202. The van der Waals surface area contributed by atoms with Crippen LogP contribution in [0.4, 0.5) is 0 Å². The number of terminal acetylenes is 1. The number of rotatable bonds is 3. The van der Waals surface area contributed by atoms with Crippen LogP contribution in [0.15, 0.2) is 22.7 Å². The highest BCUT2D eigenvalue weighted by Gasteiger charge is 2.06. The Morgan fingerprint density at radius 2 is 2.29 bits per heavy atom. The average molecular weight is 252 g/mol. The highest BCUT2D eigenvalue weighted by Crippen LogP contribution is 2.20. The summed E-state index contributed by atoms with van der Waals surface area (Å²) in [5, 5.41) is 3.24. The Hall–Kier alpha value is -0.780. The first-order valence-electron chi connectivity index (χ1n) is 4.64. The van der Waals surface area contributed by atoms with E-state index in [2.05, 4.69) is 47.1 Å². The molecule has 1 rings (SSSR count). The van der Waals surface area contributed by atoms with E-state index in [0.29, 0.717) is 0 Å². The first-order valence-corrected chi connectivity index (χ1v) is 5.44. The fourth-order valence-electron chi connectivity index (χ4n) is 1.32. The topological polar surface area (TPSA) is 12.0 Å². The number of halogens is 1. The predicted octanol–water partition coefficient (Wildman–Crippen LogP) is 3.04. The van der Waals surface area contributed by atoms with Crippen LogP contribution in [0.5, 0.6) is 0 Å². The van der Waals surface area contributed by atoms with Crippen molar-refractivity contribution < 1.29 is 0 Å². The summed E-state index contributed by atoms with van der Waals surface area (Å²) < 4.78 is 1.12. The molecule has 1 aromatic rings. The van der Waals surface area contributed by atoms with Gasteiger partial charge in [0.25, 0.3) is 0 Å². The Kier molecular flexibility index (Phi) is 4.19. The molecule has 0 spiro atoms. The third-order valence-electron chi connectivity index (χ3n) is 2.09. The van der Waals surface area contributed by atoms with E-state index >= 15 is 0 Å². The maximum atomic E-state index is 5.45. The Morgan fingerprint density at radius 3 is 2.79 bits per heavy atom. The molecular weight excluding hydrogens is 238 g/mol. The van der Waals surface area contributed by atoms with Crippen molar-refractivity contribution in [3.05, 3.63) is 33.8 Å². The van der Waals surface area contributed by atoms with E-state index in [4.69, 9.17) is 6.42 Å². The molecule has 2 heteroatoms. The largest absolute Gasteiger partial charge is 0.300 e. The van der Waals surface area contributed by atoms with Crippen molar-refractivity contribution in [3.8, 4) is 12.3 Å². The maximum Gasteiger partial charge on any atom is 0.0943 e. The molecule has 1 atom stereocenters. The molecule has 0 aliphatic carbocycles. The molecule has 1 aromatic carbocycles. The van der Waals surface area contributed by atoms with Gasteiger partial charge in [0.05, 0.1) is 6.04 Å². The van der Waals surface area contributed by atoms with Gasteiger partial charge in [-0.3, -0.25) is 0 Å². The molecule has 14 heavy (non-hydrogen) atoms. The lowest BCUT2D eigenvalue weighted by Crippen LogP contribution is -2.19. The number of benzene rings is 1. The second-order valence-electron chi connectivity index (χ2n) is 3.17. The number of nitrogens with one attached hydrogen (secondary N) is 1. The zero-order chi connectivity index (χ0) is 10.6. The average Bonchev–Trinajstić information content (AvgIpc) is 2.19. The van der Waals surface area contributed by atoms with Crippen molar-refractivity contribution in [2.45, 2.75) is 19.9 Å². The molecule has 0 bridgehead atoms. The Balaban J connectivity index is 2.95. The van der Waals surface area contributed by atoms with Gasteiger partial charge in [-0.05, 0) is 30.7 Å². The first kappa shape index (κ1) is 11.3. The molecule has 0 heterocycles. The molecule has 0 fully saturated rings. The van der Waals surface area contributed by atoms with Crippen LogP contribution >= 0.6 is 15.9 Å². The summed E-state index contributed by atoms with van der Waals surface area (Å²) in [5.74, 6) is 2.74. The van der Waals surface area contributed by atoms with E-state index < -0.39 is 0 Å². The van der Waals surface area contributed by atoms with Crippen LogP contribution in [-0.4, -0.2) is 6.54 Å². The Morgan fingerprint density at radius 1 is 1.57 bits per heavy atom. The summed E-state index contributed by atoms with van der Waals surface area (Å²) in [6.07, 6.45) is 5.45. The van der Waals surface area contributed by atoms with Gasteiger partial charge in [0.2, 0.25) is 0 Å². The van der Waals surface area contributed by atoms with Gasteiger partial charge >= 0.3 is 0 Å². The van der Waals surface area contributed by atoms with Crippen LogP contribution < -0.4 is 5.32 Å². The van der Waals surface area contributed by atoms with Crippen LogP contribution in [0, 0.1) is 19.3 Å². The van der Waals surface area contributed by atoms with Crippen molar-refractivity contribution in [2.75, 3.05) is 6.54 Å². The van der Waals surface area contributed by atoms with Gasteiger partial charge in [0.15, 0.2) is 0 Å². The summed E-state index contributed by atoms with van der Waals surface area (Å²) in [4.78, 5) is 0. The van der Waals surface area contributed by atoms with Gasteiger partial charge in [0.1, 0.15) is 0 Å². The second kappa shape index (κ2) is 5.19. The Labute approximate surface area is 94.0 Å². The van der Waals surface area contributed by atoms with E-state index in [1.54, 1.807) is 0 Å². The van der Waals surface area contributed by atoms with Gasteiger partial charge < -0.3 is 5.32 Å². The molecule has 1 nitrogen and oxygen atoms in total. The summed E-state index contributed by atoms with van der Waals surface area (Å²) >= 11 is 3.47. The number of hydrogen-bond acceptors (Lipinski definition) is 1. The number of aryl methyl sites for hydroxylation is 1. The minimum absolute atomic E-state index is 0.0202. The molecule has 0 aliphatic rings. The summed E-state index contributed by atoms with van der Waals surface area (Å²) in [7, 11) is 0. The lowest BCUT2D eigenvalue weighted by Gasteiger charge is -2.12. The molecule has 1 unspecified atom stereocenters. The van der Waals surface area contributed by atoms with E-state index in [1.165, 1.54) is 5.56 Å². The molecule has 1 N–H and O–H groups in total. The third kappa shape index (κ3) is 2.60. The van der Waals surface area contributed by atoms with Crippen molar-refractivity contribution in [1.82, 2.24) is 5.32 Å². The monoisotopic (exact) mass is 251 g/mol. The normalized spacial score (nSPS) is 12.1. The fraction of sp³-hybridized carbons (Fsp3) is 0.333. The summed E-state index contributed by atoms with van der Waals surface area (Å²) in [6, 6.07) is 6.21. The predicted molar refractivity (Wildman–Crippen MR) is 64.1 cm³/mol. The molecule has 0 saturated heterocycles. The van der Waals surface area contributed by atoms with Gasteiger partial charge in [-0.15, -0.1) is 6.42 Å². The SMILES string of the molecule is C#CC(NCC)c1ccc(Br)c(C)c1. The maximum absolute atomic E-state index is 5.45. The summed E-state index contributed by atoms with van der Waals surface area (Å²) in [5.41, 5.74) is 2.36. The van der Waals surface area contributed by atoms with Crippen molar-refractivity contribution in [3.63, 3.8) is 0 Å². The molecule has 0 aromatic heterocycles. The van der Waals surface area contributed by atoms with Crippen molar-refractivity contribution in [2.24, 2.45) is 0 Å². The highest BCUT2D eigenvalue weighted by atomic mass is 79.9. The fourth-order valence-corrected chi connectivity index (χ4v) is 1.57. The van der Waals surface area contributed by atoms with Crippen LogP contribution in [0.25, 0.3) is 0 Å². The van der Waals surface area contributed by atoms with Gasteiger partial charge in [-0.25, -0.2) is 0 Å². The quantitative estimate of drug-likeness (QED) is 0.815. The minimum Gasteiger partial charge on any atom is -0.300 e. The summed E-state index contributed by atoms with van der Waals surface area (Å²) in [6.45, 7) is 4.99. The number of hydrogen-bond donors (Lipinski definition) is 1. The molecule has 0 amide bonds. The molecular formula is C12H14BrN. The van der Waals surface area contributed by atoms with Gasteiger partial charge in [0, 0.05) is 4.47 Å². The van der Waals surface area contributed by atoms with Crippen LogP contribution in [0.1, 0.15) is 24.1 Å². The first-order chi connectivity index (χ1) is 6.69. The van der Waals surface area contributed by atoms with Crippen molar-refractivity contribution in [1.29, 1.82) is 0 Å². The molecule has 74 valence electrons. The zero-order valence-corrected chi connectivity index (χ0v) is 10.1. The van der Waals surface area contributed by atoms with E-state index in [-0.39, 0.29) is 6.04 Å². The lowest BCUT2D eigenvalue weighted by atomic mass is 10.1. The Bertz CT molecular complexity index is 352. The van der Waals surface area contributed by atoms with Gasteiger partial charge in [-0.2, -0.15) is 0 Å². The molecule has 0 aliphatic heterocycles. The van der Waals surface area contributed by atoms with Crippen LogP contribution in [-0.2, 0) is 0 Å². The van der Waals surface area contributed by atoms with Crippen LogP contribution in [0.3, 0.4) is 0 Å². The van der Waals surface area contributed by atoms with Gasteiger partial charge in [-0.1, -0.05) is 40.9 Å². The van der Waals surface area contributed by atoms with E-state index in [0.717, 1.165) is 16.6 Å². The molecule has 0 saturated carbocycles. The standard InChI is InChI=1S/C12H14BrN/c1-4-12(14-5-2)10-6-7-11(13)9(3)8-10/h1,6-8,12,14H,5H2,2-3H3. The smallest absolute Gasteiger partial charge is 0.0943 e. The lowest BCUT2D eigenvalue weighted by molar-refractivity contribution is 0.664. The van der Waals surface area contributed by atoms with E-state index in [9.17, 15) is 0 Å².